The molecular weight excluding hydrogens is 198 g/mol. The van der Waals surface area contributed by atoms with E-state index in [1.165, 1.54) is 0 Å². The molecule has 0 aliphatic carbocycles. The Hall–Kier alpha value is -0.267. The number of hydrogen-bond acceptors (Lipinski definition) is 1. The first-order valence-electron chi connectivity index (χ1n) is 2.59. The van der Waals surface area contributed by atoms with Crippen LogP contribution in [0, 0.1) is 0 Å². The van der Waals surface area contributed by atoms with E-state index in [1.54, 1.807) is 12.1 Å². The van der Waals surface area contributed by atoms with Crippen LogP contribution in [0.1, 0.15) is 5.56 Å². The average molecular weight is 204 g/mol. The number of rotatable bonds is 1. The van der Waals surface area contributed by atoms with Crippen molar-refractivity contribution in [1.82, 2.24) is 0 Å². The maximum atomic E-state index is 8.76. The fourth-order valence-electron chi connectivity index (χ4n) is 0.581. The van der Waals surface area contributed by atoms with Crippen molar-refractivity contribution in [2.75, 3.05) is 0 Å². The smallest absolute Gasteiger partial charge is 0.188 e. The molecule has 0 unspecified atom stereocenters. The van der Waals surface area contributed by atoms with E-state index in [-0.39, 0.29) is 24.5 Å². The molecule has 1 N–H and O–H groups in total. The molecule has 0 heterocycles. The fourth-order valence-corrected chi connectivity index (χ4v) is 0.717. The van der Waals surface area contributed by atoms with Gasteiger partial charge in [-0.05, 0) is 12.2 Å². The third-order valence-corrected chi connectivity index (χ3v) is 1.26. The molecule has 0 saturated heterocycles. The SMILES string of the molecule is OC(=S)c1ccccc1.[Zn]. The summed E-state index contributed by atoms with van der Waals surface area (Å²) in [5.74, 6) is 0. The summed E-state index contributed by atoms with van der Waals surface area (Å²) in [6.07, 6.45) is 0. The molecular formula is C7H6OSZn. The number of aliphatic hydroxyl groups excluding tert-OH is 1. The number of thiocarbonyl (C=S) groups is 1. The molecule has 0 atom stereocenters. The molecule has 48 valence electrons. The Morgan fingerprint density at radius 1 is 1.20 bits per heavy atom. The Morgan fingerprint density at radius 3 is 2.00 bits per heavy atom. The quantitative estimate of drug-likeness (QED) is 0.556. The molecule has 0 fully saturated rings. The number of aliphatic hydroxyl groups is 1. The van der Waals surface area contributed by atoms with E-state index in [0.29, 0.717) is 5.56 Å². The van der Waals surface area contributed by atoms with E-state index in [2.05, 4.69) is 12.2 Å². The van der Waals surface area contributed by atoms with Gasteiger partial charge in [-0.2, -0.15) is 0 Å². The van der Waals surface area contributed by atoms with Gasteiger partial charge in [-0.1, -0.05) is 30.3 Å². The molecule has 0 aliphatic rings. The third kappa shape index (κ3) is 2.55. The van der Waals surface area contributed by atoms with Crippen molar-refractivity contribution in [3.8, 4) is 0 Å². The van der Waals surface area contributed by atoms with Crippen LogP contribution < -0.4 is 0 Å². The van der Waals surface area contributed by atoms with Gasteiger partial charge in [0.25, 0.3) is 0 Å². The zero-order chi connectivity index (χ0) is 6.69. The number of hydrogen-bond donors (Lipinski definition) is 1. The molecule has 0 radical (unpaired) electrons. The fraction of sp³-hybridized carbons (Fsp3) is 0. The summed E-state index contributed by atoms with van der Waals surface area (Å²) >= 11 is 4.52. The van der Waals surface area contributed by atoms with E-state index < -0.39 is 0 Å². The minimum absolute atomic E-state index is 0. The molecule has 0 bridgehead atoms. The van der Waals surface area contributed by atoms with Gasteiger partial charge >= 0.3 is 0 Å². The van der Waals surface area contributed by atoms with Crippen LogP contribution in [0.3, 0.4) is 0 Å². The molecule has 1 rings (SSSR count). The predicted molar refractivity (Wildman–Crippen MR) is 40.8 cm³/mol. The summed E-state index contributed by atoms with van der Waals surface area (Å²) in [4.78, 5) is 0. The molecule has 10 heavy (non-hydrogen) atoms. The summed E-state index contributed by atoms with van der Waals surface area (Å²) in [5, 5.41) is 8.71. The van der Waals surface area contributed by atoms with Crippen LogP contribution in [0.2, 0.25) is 0 Å². The molecule has 1 nitrogen and oxygen atoms in total. The second-order valence-corrected chi connectivity index (χ2v) is 2.06. The van der Waals surface area contributed by atoms with Gasteiger partial charge in [0.1, 0.15) is 0 Å². The zero-order valence-corrected chi connectivity index (χ0v) is 9.23. The average Bonchev–Trinajstić information content (AvgIpc) is 1.90. The van der Waals surface area contributed by atoms with Crippen LogP contribution in [0.5, 0.6) is 0 Å². The molecule has 0 spiro atoms. The van der Waals surface area contributed by atoms with Gasteiger partial charge in [-0.3, -0.25) is 0 Å². The van der Waals surface area contributed by atoms with E-state index in [9.17, 15) is 0 Å². The maximum Gasteiger partial charge on any atom is 0.188 e. The standard InChI is InChI=1S/C7H6OS.Zn/c8-7(9)6-4-2-1-3-5-6;/h1-5H,(H,8,9);. The summed E-state index contributed by atoms with van der Waals surface area (Å²) in [7, 11) is 0. The van der Waals surface area contributed by atoms with Gasteiger partial charge in [0.2, 0.25) is 0 Å². The third-order valence-electron chi connectivity index (χ3n) is 1.02. The molecule has 0 saturated carbocycles. The van der Waals surface area contributed by atoms with Gasteiger partial charge in [0.05, 0.1) is 0 Å². The second-order valence-electron chi connectivity index (χ2n) is 1.67. The van der Waals surface area contributed by atoms with E-state index in [4.69, 9.17) is 5.11 Å². The van der Waals surface area contributed by atoms with Crippen LogP contribution in [0.4, 0.5) is 0 Å². The Bertz CT molecular complexity index is 210. The second kappa shape index (κ2) is 4.53. The number of benzene rings is 1. The van der Waals surface area contributed by atoms with E-state index in [1.807, 2.05) is 18.2 Å². The van der Waals surface area contributed by atoms with Crippen LogP contribution in [0.25, 0.3) is 0 Å². The van der Waals surface area contributed by atoms with Gasteiger partial charge in [0.15, 0.2) is 5.05 Å². The van der Waals surface area contributed by atoms with Crippen LogP contribution in [-0.4, -0.2) is 10.2 Å². The zero-order valence-electron chi connectivity index (χ0n) is 5.45. The van der Waals surface area contributed by atoms with E-state index >= 15 is 0 Å². The minimum Gasteiger partial charge on any atom is -0.499 e. The molecule has 0 amide bonds. The monoisotopic (exact) mass is 202 g/mol. The predicted octanol–water partition coefficient (Wildman–Crippen LogP) is 1.92. The molecule has 0 aromatic heterocycles. The van der Waals surface area contributed by atoms with Crippen molar-refractivity contribution in [1.29, 1.82) is 0 Å². The summed E-state index contributed by atoms with van der Waals surface area (Å²) in [6.45, 7) is 0. The molecule has 1 aromatic rings. The van der Waals surface area contributed by atoms with Crippen LogP contribution >= 0.6 is 12.2 Å². The summed E-state index contributed by atoms with van der Waals surface area (Å²) in [5.41, 5.74) is 0.701. The minimum atomic E-state index is -0.0457. The largest absolute Gasteiger partial charge is 0.499 e. The first-order chi connectivity index (χ1) is 4.30. The van der Waals surface area contributed by atoms with E-state index in [0.717, 1.165) is 0 Å². The van der Waals surface area contributed by atoms with Crippen molar-refractivity contribution in [3.05, 3.63) is 35.9 Å². The van der Waals surface area contributed by atoms with Crippen molar-refractivity contribution >= 4 is 17.3 Å². The van der Waals surface area contributed by atoms with Crippen molar-refractivity contribution in [2.45, 2.75) is 0 Å². The van der Waals surface area contributed by atoms with Crippen LogP contribution in [-0.2, 0) is 19.5 Å². The maximum absolute atomic E-state index is 8.76. The Morgan fingerprint density at radius 2 is 1.70 bits per heavy atom. The molecule has 3 heteroatoms. The van der Waals surface area contributed by atoms with Crippen LogP contribution in [0.15, 0.2) is 30.3 Å². The summed E-state index contributed by atoms with van der Waals surface area (Å²) < 4.78 is 0. The van der Waals surface area contributed by atoms with Crippen molar-refractivity contribution < 1.29 is 24.6 Å². The summed E-state index contributed by atoms with van der Waals surface area (Å²) in [6, 6.07) is 9.07. The van der Waals surface area contributed by atoms with Crippen molar-refractivity contribution in [2.24, 2.45) is 0 Å². The molecule has 0 aliphatic heterocycles. The van der Waals surface area contributed by atoms with Crippen molar-refractivity contribution in [3.63, 3.8) is 0 Å². The normalized spacial score (nSPS) is 8.00. The Labute approximate surface area is 77.8 Å². The first kappa shape index (κ1) is 9.73. The van der Waals surface area contributed by atoms with Gasteiger partial charge in [0, 0.05) is 25.0 Å². The Kier molecular flexibility index (Phi) is 4.41. The molecule has 1 aromatic carbocycles. The van der Waals surface area contributed by atoms with Gasteiger partial charge < -0.3 is 5.11 Å². The Balaban J connectivity index is 0.000000810. The topological polar surface area (TPSA) is 20.2 Å². The van der Waals surface area contributed by atoms with Gasteiger partial charge in [-0.15, -0.1) is 0 Å². The first-order valence-corrected chi connectivity index (χ1v) is 3.00. The van der Waals surface area contributed by atoms with Gasteiger partial charge in [-0.25, -0.2) is 0 Å².